The number of hydrogen-bond acceptors (Lipinski definition) is 3. The fourth-order valence-corrected chi connectivity index (χ4v) is 3.08. The minimum absolute atomic E-state index is 0.113. The summed E-state index contributed by atoms with van der Waals surface area (Å²) in [5, 5.41) is 9.40. The van der Waals surface area contributed by atoms with Crippen LogP contribution >= 0.6 is 11.6 Å². The molecule has 0 unspecified atom stereocenters. The number of aryl methyl sites for hydroxylation is 1. The number of carbonyl (C=O) groups excluding carboxylic acids is 1. The van der Waals surface area contributed by atoms with Crippen molar-refractivity contribution in [1.29, 1.82) is 0 Å². The predicted molar refractivity (Wildman–Crippen MR) is 111 cm³/mol. The molecule has 6 heteroatoms. The van der Waals surface area contributed by atoms with Gasteiger partial charge in [-0.15, -0.1) is 0 Å². The number of nitrogens with zero attached hydrogens (tertiary/aromatic N) is 4. The molecule has 4 rings (SSSR count). The third kappa shape index (κ3) is 3.80. The van der Waals surface area contributed by atoms with E-state index in [1.165, 1.54) is 6.08 Å². The number of ketones is 1. The second-order valence-electron chi connectivity index (χ2n) is 6.32. The number of allylic oxidation sites excluding steroid dienone is 1. The van der Waals surface area contributed by atoms with Crippen molar-refractivity contribution in [1.82, 2.24) is 19.6 Å². The number of hydrogen-bond donors (Lipinski definition) is 0. The Hall–Kier alpha value is -3.44. The van der Waals surface area contributed by atoms with Crippen LogP contribution in [0.3, 0.4) is 0 Å². The largest absolute Gasteiger partial charge is 0.289 e. The lowest BCUT2D eigenvalue weighted by molar-refractivity contribution is 0.104. The first-order chi connectivity index (χ1) is 13.6. The van der Waals surface area contributed by atoms with Gasteiger partial charge in [0.05, 0.1) is 23.1 Å². The Morgan fingerprint density at radius 3 is 2.61 bits per heavy atom. The molecule has 0 N–H and O–H groups in total. The molecule has 28 heavy (non-hydrogen) atoms. The SMILES string of the molecule is Cn1cc(C(=O)/C=C/c2cn(-c3ccccc3)nc2-c2cccc(Cl)c2)cn1. The maximum absolute atomic E-state index is 12.4. The highest BCUT2D eigenvalue weighted by Gasteiger charge is 2.12. The van der Waals surface area contributed by atoms with Gasteiger partial charge in [0.15, 0.2) is 5.78 Å². The first-order valence-electron chi connectivity index (χ1n) is 8.72. The summed E-state index contributed by atoms with van der Waals surface area (Å²) in [6, 6.07) is 17.3. The summed E-state index contributed by atoms with van der Waals surface area (Å²) in [7, 11) is 1.78. The minimum Gasteiger partial charge on any atom is -0.289 e. The van der Waals surface area contributed by atoms with Crippen LogP contribution in [0.15, 0.2) is 79.3 Å². The van der Waals surface area contributed by atoms with Crippen molar-refractivity contribution in [3.63, 3.8) is 0 Å². The monoisotopic (exact) mass is 388 g/mol. The van der Waals surface area contributed by atoms with E-state index >= 15 is 0 Å². The Labute approximate surface area is 167 Å². The van der Waals surface area contributed by atoms with E-state index in [1.54, 1.807) is 34.9 Å². The second-order valence-corrected chi connectivity index (χ2v) is 6.76. The molecular formula is C22H17ClN4O. The van der Waals surface area contributed by atoms with Crippen LogP contribution in [0.25, 0.3) is 23.0 Å². The zero-order valence-corrected chi connectivity index (χ0v) is 15.9. The summed E-state index contributed by atoms with van der Waals surface area (Å²) < 4.78 is 3.40. The summed E-state index contributed by atoms with van der Waals surface area (Å²) in [4.78, 5) is 12.4. The van der Waals surface area contributed by atoms with Gasteiger partial charge in [-0.3, -0.25) is 9.48 Å². The highest BCUT2D eigenvalue weighted by atomic mass is 35.5. The molecular weight excluding hydrogens is 372 g/mol. The summed E-state index contributed by atoms with van der Waals surface area (Å²) >= 11 is 6.16. The van der Waals surface area contributed by atoms with E-state index in [-0.39, 0.29) is 5.78 Å². The van der Waals surface area contributed by atoms with Crippen molar-refractivity contribution in [3.05, 3.63) is 95.4 Å². The zero-order valence-electron chi connectivity index (χ0n) is 15.2. The topological polar surface area (TPSA) is 52.7 Å². The second kappa shape index (κ2) is 7.66. The van der Waals surface area contributed by atoms with Crippen molar-refractivity contribution in [2.75, 3.05) is 0 Å². The predicted octanol–water partition coefficient (Wildman–Crippen LogP) is 4.82. The number of carbonyl (C=O) groups is 1. The van der Waals surface area contributed by atoms with E-state index in [0.717, 1.165) is 22.5 Å². The van der Waals surface area contributed by atoms with Crippen LogP contribution in [0.5, 0.6) is 0 Å². The molecule has 2 heterocycles. The van der Waals surface area contributed by atoms with Gasteiger partial charge in [0.2, 0.25) is 0 Å². The molecule has 0 aliphatic rings. The number of para-hydroxylation sites is 1. The molecule has 4 aromatic rings. The van der Waals surface area contributed by atoms with Crippen LogP contribution in [0.2, 0.25) is 5.02 Å². The molecule has 0 radical (unpaired) electrons. The molecule has 138 valence electrons. The van der Waals surface area contributed by atoms with Crippen LogP contribution in [0.1, 0.15) is 15.9 Å². The summed E-state index contributed by atoms with van der Waals surface area (Å²) in [5.41, 5.74) is 3.93. The van der Waals surface area contributed by atoms with E-state index in [1.807, 2.05) is 60.8 Å². The fraction of sp³-hybridized carbons (Fsp3) is 0.0455. The van der Waals surface area contributed by atoms with Gasteiger partial charge in [-0.05, 0) is 36.4 Å². The van der Waals surface area contributed by atoms with Crippen LogP contribution in [-0.4, -0.2) is 25.3 Å². The Bertz CT molecular complexity index is 1160. The molecule has 0 spiro atoms. The van der Waals surface area contributed by atoms with Gasteiger partial charge >= 0.3 is 0 Å². The molecule has 0 atom stereocenters. The summed E-state index contributed by atoms with van der Waals surface area (Å²) in [6.45, 7) is 0. The van der Waals surface area contributed by atoms with Gasteiger partial charge in [-0.1, -0.05) is 41.9 Å². The molecule has 0 saturated carbocycles. The molecule has 0 bridgehead atoms. The van der Waals surface area contributed by atoms with E-state index in [4.69, 9.17) is 16.7 Å². The standard InChI is InChI=1S/C22H17ClN4O/c1-26-14-18(13-24-26)21(28)11-10-17-15-27(20-8-3-2-4-9-20)25-22(17)16-6-5-7-19(23)12-16/h2-15H,1H3/b11-10+. The number of benzene rings is 2. The van der Waals surface area contributed by atoms with Crippen molar-refractivity contribution >= 4 is 23.5 Å². The maximum atomic E-state index is 12.4. The average Bonchev–Trinajstić information content (AvgIpc) is 3.33. The highest BCUT2D eigenvalue weighted by molar-refractivity contribution is 6.30. The summed E-state index contributed by atoms with van der Waals surface area (Å²) in [5.74, 6) is -0.113. The normalized spacial score (nSPS) is 11.2. The molecule has 0 aliphatic heterocycles. The van der Waals surface area contributed by atoms with E-state index in [9.17, 15) is 4.79 Å². The molecule has 0 fully saturated rings. The van der Waals surface area contributed by atoms with Crippen molar-refractivity contribution < 1.29 is 4.79 Å². The van der Waals surface area contributed by atoms with Crippen molar-refractivity contribution in [3.8, 4) is 16.9 Å². The third-order valence-corrected chi connectivity index (χ3v) is 4.50. The lowest BCUT2D eigenvalue weighted by Crippen LogP contribution is -1.93. The fourth-order valence-electron chi connectivity index (χ4n) is 2.89. The highest BCUT2D eigenvalue weighted by Crippen LogP contribution is 2.27. The Morgan fingerprint density at radius 2 is 1.89 bits per heavy atom. The van der Waals surface area contributed by atoms with Crippen LogP contribution in [0.4, 0.5) is 0 Å². The van der Waals surface area contributed by atoms with Gasteiger partial charge in [0.25, 0.3) is 0 Å². The Morgan fingerprint density at radius 1 is 1.07 bits per heavy atom. The lowest BCUT2D eigenvalue weighted by Gasteiger charge is -2.01. The minimum atomic E-state index is -0.113. The quantitative estimate of drug-likeness (QED) is 0.363. The molecule has 0 aliphatic carbocycles. The molecule has 2 aromatic heterocycles. The molecule has 2 aromatic carbocycles. The Balaban J connectivity index is 1.75. The Kier molecular flexibility index (Phi) is 4.91. The smallest absolute Gasteiger partial charge is 0.189 e. The van der Waals surface area contributed by atoms with Gasteiger partial charge in [-0.25, -0.2) is 4.68 Å². The van der Waals surface area contributed by atoms with Crippen molar-refractivity contribution in [2.45, 2.75) is 0 Å². The first kappa shape index (κ1) is 17.9. The number of halogens is 1. The maximum Gasteiger partial charge on any atom is 0.189 e. The van der Waals surface area contributed by atoms with Gasteiger partial charge < -0.3 is 0 Å². The van der Waals surface area contributed by atoms with Gasteiger partial charge in [0.1, 0.15) is 0 Å². The number of rotatable bonds is 5. The average molecular weight is 389 g/mol. The van der Waals surface area contributed by atoms with E-state index < -0.39 is 0 Å². The third-order valence-electron chi connectivity index (χ3n) is 4.26. The van der Waals surface area contributed by atoms with E-state index in [0.29, 0.717) is 10.6 Å². The van der Waals surface area contributed by atoms with Crippen LogP contribution < -0.4 is 0 Å². The lowest BCUT2D eigenvalue weighted by atomic mass is 10.1. The van der Waals surface area contributed by atoms with Crippen LogP contribution in [0, 0.1) is 0 Å². The molecule has 0 amide bonds. The molecule has 0 saturated heterocycles. The summed E-state index contributed by atoms with van der Waals surface area (Å²) in [6.07, 6.45) is 8.46. The first-order valence-corrected chi connectivity index (χ1v) is 9.10. The van der Waals surface area contributed by atoms with E-state index in [2.05, 4.69) is 5.10 Å². The van der Waals surface area contributed by atoms with Crippen LogP contribution in [-0.2, 0) is 7.05 Å². The van der Waals surface area contributed by atoms with Crippen molar-refractivity contribution in [2.24, 2.45) is 7.05 Å². The zero-order chi connectivity index (χ0) is 19.5. The van der Waals surface area contributed by atoms with Gasteiger partial charge in [0, 0.05) is 35.6 Å². The van der Waals surface area contributed by atoms with Gasteiger partial charge in [-0.2, -0.15) is 10.2 Å². The molecule has 5 nitrogen and oxygen atoms in total. The number of aromatic nitrogens is 4.